The molecule has 0 bridgehead atoms. The van der Waals surface area contributed by atoms with Crippen molar-refractivity contribution in [1.29, 1.82) is 0 Å². The van der Waals surface area contributed by atoms with Crippen molar-refractivity contribution in [2.45, 2.75) is 18.7 Å². The van der Waals surface area contributed by atoms with Gasteiger partial charge in [0.25, 0.3) is 21.8 Å². The summed E-state index contributed by atoms with van der Waals surface area (Å²) in [6.07, 6.45) is 0. The highest BCUT2D eigenvalue weighted by molar-refractivity contribution is 7.92. The van der Waals surface area contributed by atoms with Gasteiger partial charge in [0.15, 0.2) is 0 Å². The van der Waals surface area contributed by atoms with Crippen molar-refractivity contribution < 1.29 is 18.0 Å². The van der Waals surface area contributed by atoms with E-state index in [2.05, 4.69) is 15.4 Å². The molecule has 3 rings (SSSR count). The molecule has 0 atom stereocenters. The smallest absolute Gasteiger partial charge is 0.262 e. The summed E-state index contributed by atoms with van der Waals surface area (Å²) < 4.78 is 28.1. The summed E-state index contributed by atoms with van der Waals surface area (Å²) in [5.41, 5.74) is 2.61. The van der Waals surface area contributed by atoms with Gasteiger partial charge in [0.1, 0.15) is 0 Å². The van der Waals surface area contributed by atoms with Crippen molar-refractivity contribution in [3.05, 3.63) is 95.1 Å². The first-order valence-electron chi connectivity index (χ1n) is 10.1. The van der Waals surface area contributed by atoms with Crippen LogP contribution in [0.15, 0.2) is 77.7 Å². The van der Waals surface area contributed by atoms with Crippen LogP contribution < -0.4 is 15.4 Å². The SMILES string of the molecule is Cc1ccc(C)c(S(=O)(=O)Nc2cccc(C(=O)NCCNC(=O)c3ccccc3)c2)c1. The van der Waals surface area contributed by atoms with Crippen LogP contribution in [0.3, 0.4) is 0 Å². The van der Waals surface area contributed by atoms with Gasteiger partial charge in [-0.3, -0.25) is 14.3 Å². The Morgan fingerprint density at radius 3 is 2.06 bits per heavy atom. The molecule has 3 aromatic carbocycles. The third-order valence-corrected chi connectivity index (χ3v) is 6.27. The molecule has 0 heterocycles. The third-order valence-electron chi connectivity index (χ3n) is 4.74. The van der Waals surface area contributed by atoms with Gasteiger partial charge in [0, 0.05) is 29.9 Å². The highest BCUT2D eigenvalue weighted by Crippen LogP contribution is 2.21. The monoisotopic (exact) mass is 451 g/mol. The molecule has 3 N–H and O–H groups in total. The molecule has 0 aliphatic rings. The second kappa shape index (κ2) is 10.1. The van der Waals surface area contributed by atoms with E-state index in [4.69, 9.17) is 0 Å². The lowest BCUT2D eigenvalue weighted by Gasteiger charge is -2.12. The highest BCUT2D eigenvalue weighted by Gasteiger charge is 2.18. The highest BCUT2D eigenvalue weighted by atomic mass is 32.2. The number of amides is 2. The van der Waals surface area contributed by atoms with Crippen molar-refractivity contribution in [2.75, 3.05) is 17.8 Å². The van der Waals surface area contributed by atoms with Crippen LogP contribution in [0.2, 0.25) is 0 Å². The normalized spacial score (nSPS) is 10.9. The van der Waals surface area contributed by atoms with Gasteiger partial charge >= 0.3 is 0 Å². The summed E-state index contributed by atoms with van der Waals surface area (Å²) in [6.45, 7) is 4.05. The van der Waals surface area contributed by atoms with Gasteiger partial charge in [0.05, 0.1) is 4.90 Å². The maximum atomic E-state index is 12.8. The van der Waals surface area contributed by atoms with Gasteiger partial charge in [-0.15, -0.1) is 0 Å². The number of benzene rings is 3. The molecule has 0 aliphatic heterocycles. The van der Waals surface area contributed by atoms with E-state index in [0.717, 1.165) is 5.56 Å². The average Bonchev–Trinajstić information content (AvgIpc) is 2.78. The minimum absolute atomic E-state index is 0.196. The number of hydrogen-bond donors (Lipinski definition) is 3. The van der Waals surface area contributed by atoms with E-state index in [-0.39, 0.29) is 35.5 Å². The van der Waals surface area contributed by atoms with Crippen LogP contribution in [0.5, 0.6) is 0 Å². The second-order valence-corrected chi connectivity index (χ2v) is 8.98. The standard InChI is InChI=1S/C24H25N3O4S/c1-17-11-12-18(2)22(15-17)32(30,31)27-21-10-6-9-20(16-21)24(29)26-14-13-25-23(28)19-7-4-3-5-8-19/h3-12,15-16,27H,13-14H2,1-2H3,(H,25,28)(H,26,29). The van der Waals surface area contributed by atoms with Gasteiger partial charge in [0.2, 0.25) is 0 Å². The molecule has 3 aromatic rings. The summed E-state index contributed by atoms with van der Waals surface area (Å²) >= 11 is 0. The number of carbonyl (C=O) groups excluding carboxylic acids is 2. The third kappa shape index (κ3) is 5.95. The van der Waals surface area contributed by atoms with Crippen LogP contribution >= 0.6 is 0 Å². The first-order chi connectivity index (χ1) is 15.3. The van der Waals surface area contributed by atoms with Gasteiger partial charge < -0.3 is 10.6 Å². The van der Waals surface area contributed by atoms with E-state index in [1.807, 2.05) is 19.1 Å². The Labute approximate surface area is 187 Å². The van der Waals surface area contributed by atoms with E-state index in [9.17, 15) is 18.0 Å². The van der Waals surface area contributed by atoms with Gasteiger partial charge in [-0.25, -0.2) is 8.42 Å². The molecule has 0 aliphatic carbocycles. The summed E-state index contributed by atoms with van der Waals surface area (Å²) in [6, 6.07) is 20.3. The Morgan fingerprint density at radius 1 is 0.750 bits per heavy atom. The van der Waals surface area contributed by atoms with Crippen molar-refractivity contribution in [2.24, 2.45) is 0 Å². The van der Waals surface area contributed by atoms with E-state index in [1.54, 1.807) is 61.5 Å². The number of sulfonamides is 1. The average molecular weight is 452 g/mol. The Bertz CT molecular complexity index is 1230. The Morgan fingerprint density at radius 2 is 1.38 bits per heavy atom. The fourth-order valence-corrected chi connectivity index (χ4v) is 4.46. The van der Waals surface area contributed by atoms with E-state index < -0.39 is 10.0 Å². The molecule has 0 aromatic heterocycles. The zero-order valence-electron chi connectivity index (χ0n) is 17.9. The zero-order chi connectivity index (χ0) is 23.1. The molecule has 2 amide bonds. The molecular formula is C24H25N3O4S. The van der Waals surface area contributed by atoms with Crippen LogP contribution in [0.1, 0.15) is 31.8 Å². The Hall–Kier alpha value is -3.65. The lowest BCUT2D eigenvalue weighted by Crippen LogP contribution is -2.34. The predicted octanol–water partition coefficient (Wildman–Crippen LogP) is 3.26. The number of carbonyl (C=O) groups is 2. The fraction of sp³-hybridized carbons (Fsp3) is 0.167. The van der Waals surface area contributed by atoms with Crippen LogP contribution in [0.25, 0.3) is 0 Å². The molecule has 0 unspecified atom stereocenters. The second-order valence-electron chi connectivity index (χ2n) is 7.33. The molecule has 166 valence electrons. The molecule has 32 heavy (non-hydrogen) atoms. The summed E-state index contributed by atoms with van der Waals surface area (Å²) in [5, 5.41) is 5.44. The minimum Gasteiger partial charge on any atom is -0.350 e. The minimum atomic E-state index is -3.79. The van der Waals surface area contributed by atoms with E-state index in [1.165, 1.54) is 6.07 Å². The van der Waals surface area contributed by atoms with Crippen molar-refractivity contribution >= 4 is 27.5 Å². The summed E-state index contributed by atoms with van der Waals surface area (Å²) in [4.78, 5) is 24.7. The quantitative estimate of drug-likeness (QED) is 0.457. The van der Waals surface area contributed by atoms with Gasteiger partial charge in [-0.05, 0) is 61.4 Å². The molecule has 0 radical (unpaired) electrons. The number of aryl methyl sites for hydroxylation is 2. The summed E-state index contributed by atoms with van der Waals surface area (Å²) in [5.74, 6) is -0.588. The van der Waals surface area contributed by atoms with Crippen LogP contribution in [-0.2, 0) is 10.0 Å². The molecule has 8 heteroatoms. The van der Waals surface area contributed by atoms with Crippen LogP contribution in [0.4, 0.5) is 5.69 Å². The van der Waals surface area contributed by atoms with E-state index >= 15 is 0 Å². The zero-order valence-corrected chi connectivity index (χ0v) is 18.7. The number of nitrogens with one attached hydrogen (secondary N) is 3. The number of rotatable bonds is 8. The largest absolute Gasteiger partial charge is 0.350 e. The number of hydrogen-bond acceptors (Lipinski definition) is 4. The van der Waals surface area contributed by atoms with Crippen molar-refractivity contribution in [3.63, 3.8) is 0 Å². The Kier molecular flexibility index (Phi) is 7.27. The molecule has 0 saturated carbocycles. The molecular weight excluding hydrogens is 426 g/mol. The molecule has 0 saturated heterocycles. The topological polar surface area (TPSA) is 104 Å². The lowest BCUT2D eigenvalue weighted by atomic mass is 10.2. The van der Waals surface area contributed by atoms with Gasteiger partial charge in [-0.1, -0.05) is 36.4 Å². The molecule has 0 spiro atoms. The van der Waals surface area contributed by atoms with Crippen molar-refractivity contribution in [1.82, 2.24) is 10.6 Å². The summed E-state index contributed by atoms with van der Waals surface area (Å²) in [7, 11) is -3.79. The van der Waals surface area contributed by atoms with Crippen molar-refractivity contribution in [3.8, 4) is 0 Å². The first-order valence-corrected chi connectivity index (χ1v) is 11.6. The maximum Gasteiger partial charge on any atom is 0.262 e. The number of anilines is 1. The van der Waals surface area contributed by atoms with Gasteiger partial charge in [-0.2, -0.15) is 0 Å². The predicted molar refractivity (Wildman–Crippen MR) is 124 cm³/mol. The maximum absolute atomic E-state index is 12.8. The first kappa shape index (κ1) is 23.0. The molecule has 7 nitrogen and oxygen atoms in total. The molecule has 0 fully saturated rings. The van der Waals surface area contributed by atoms with Crippen LogP contribution in [-0.4, -0.2) is 33.3 Å². The van der Waals surface area contributed by atoms with E-state index in [0.29, 0.717) is 16.7 Å². The fourth-order valence-electron chi connectivity index (χ4n) is 3.08. The lowest BCUT2D eigenvalue weighted by molar-refractivity contribution is 0.0927. The Balaban J connectivity index is 1.58. The van der Waals surface area contributed by atoms with Crippen LogP contribution in [0, 0.1) is 13.8 Å².